The van der Waals surface area contributed by atoms with Gasteiger partial charge in [0, 0.05) is 5.02 Å². The minimum absolute atomic E-state index is 0.577. The van der Waals surface area contributed by atoms with Crippen LogP contribution < -0.4 is 10.1 Å². The van der Waals surface area contributed by atoms with Crippen molar-refractivity contribution in [2.45, 2.75) is 19.4 Å². The molecule has 2 nitrogen and oxygen atoms in total. The average molecular weight is 302 g/mol. The highest BCUT2D eigenvalue weighted by Crippen LogP contribution is 2.19. The third kappa shape index (κ3) is 4.23. The van der Waals surface area contributed by atoms with Gasteiger partial charge < -0.3 is 10.1 Å². The summed E-state index contributed by atoms with van der Waals surface area (Å²) >= 11 is 5.88. The van der Waals surface area contributed by atoms with E-state index in [9.17, 15) is 0 Å². The smallest absolute Gasteiger partial charge is 0.120 e. The van der Waals surface area contributed by atoms with Gasteiger partial charge in [-0.2, -0.15) is 0 Å². The third-order valence-electron chi connectivity index (χ3n) is 3.92. The Morgan fingerprint density at radius 3 is 2.57 bits per heavy atom. The van der Waals surface area contributed by atoms with Crippen LogP contribution in [0.4, 0.5) is 0 Å². The Bertz CT molecular complexity index is 578. The van der Waals surface area contributed by atoms with Gasteiger partial charge in [0.2, 0.25) is 0 Å². The number of benzene rings is 2. The largest absolute Gasteiger partial charge is 0.489 e. The van der Waals surface area contributed by atoms with Crippen molar-refractivity contribution in [3.05, 3.63) is 64.7 Å². The molecular formula is C18H20ClNO. The summed E-state index contributed by atoms with van der Waals surface area (Å²) in [5, 5.41) is 4.07. The van der Waals surface area contributed by atoms with Crippen LogP contribution in [0.1, 0.15) is 17.5 Å². The molecule has 0 aromatic heterocycles. The van der Waals surface area contributed by atoms with Gasteiger partial charge in [-0.15, -0.1) is 0 Å². The standard InChI is InChI=1S/C18H20ClNO/c19-17-8-6-15(7-9-17)13-21-18-3-1-2-14(10-18)4-5-16-11-20-12-16/h1-3,6-10,16,20H,4-5,11-13H2. The molecule has 1 saturated heterocycles. The lowest BCUT2D eigenvalue weighted by atomic mass is 9.95. The van der Waals surface area contributed by atoms with Crippen LogP contribution in [0.3, 0.4) is 0 Å². The normalized spacial score (nSPS) is 14.7. The summed E-state index contributed by atoms with van der Waals surface area (Å²) in [6.07, 6.45) is 2.39. The molecule has 0 aliphatic carbocycles. The maximum atomic E-state index is 5.88. The second kappa shape index (κ2) is 6.97. The first-order valence-corrected chi connectivity index (χ1v) is 7.84. The highest BCUT2D eigenvalue weighted by Gasteiger charge is 2.15. The van der Waals surface area contributed by atoms with Crippen LogP contribution in [-0.4, -0.2) is 13.1 Å². The summed E-state index contributed by atoms with van der Waals surface area (Å²) in [4.78, 5) is 0. The molecule has 21 heavy (non-hydrogen) atoms. The minimum Gasteiger partial charge on any atom is -0.489 e. The Morgan fingerprint density at radius 2 is 1.86 bits per heavy atom. The third-order valence-corrected chi connectivity index (χ3v) is 4.18. The first-order chi connectivity index (χ1) is 10.3. The van der Waals surface area contributed by atoms with Crippen LogP contribution >= 0.6 is 11.6 Å². The van der Waals surface area contributed by atoms with Crippen LogP contribution in [0, 0.1) is 5.92 Å². The molecule has 110 valence electrons. The minimum atomic E-state index is 0.577. The van der Waals surface area contributed by atoms with Gasteiger partial charge in [0.25, 0.3) is 0 Å². The Balaban J connectivity index is 1.53. The lowest BCUT2D eigenvalue weighted by Crippen LogP contribution is -2.42. The molecular weight excluding hydrogens is 282 g/mol. The molecule has 1 fully saturated rings. The Labute approximate surface area is 131 Å². The lowest BCUT2D eigenvalue weighted by Gasteiger charge is -2.26. The maximum Gasteiger partial charge on any atom is 0.120 e. The molecule has 0 saturated carbocycles. The monoisotopic (exact) mass is 301 g/mol. The number of rotatable bonds is 6. The van der Waals surface area contributed by atoms with E-state index in [1.165, 1.54) is 25.1 Å². The van der Waals surface area contributed by atoms with Crippen molar-refractivity contribution in [2.75, 3.05) is 13.1 Å². The molecule has 2 aromatic carbocycles. The van der Waals surface area contributed by atoms with E-state index in [1.807, 2.05) is 30.3 Å². The molecule has 1 aliphatic heterocycles. The van der Waals surface area contributed by atoms with Crippen LogP contribution in [-0.2, 0) is 13.0 Å². The molecule has 0 bridgehead atoms. The Hall–Kier alpha value is -1.51. The molecule has 3 heteroatoms. The molecule has 0 radical (unpaired) electrons. The first kappa shape index (κ1) is 14.4. The summed E-state index contributed by atoms with van der Waals surface area (Å²) in [5.74, 6) is 1.79. The maximum absolute atomic E-state index is 5.88. The van der Waals surface area contributed by atoms with E-state index in [2.05, 4.69) is 23.5 Å². The van der Waals surface area contributed by atoms with E-state index >= 15 is 0 Å². The van der Waals surface area contributed by atoms with Gasteiger partial charge in [-0.25, -0.2) is 0 Å². The number of hydrogen-bond acceptors (Lipinski definition) is 2. The van der Waals surface area contributed by atoms with Gasteiger partial charge in [0.05, 0.1) is 0 Å². The van der Waals surface area contributed by atoms with E-state index in [1.54, 1.807) is 0 Å². The van der Waals surface area contributed by atoms with Crippen molar-refractivity contribution in [1.82, 2.24) is 5.32 Å². The summed E-state index contributed by atoms with van der Waals surface area (Å²) in [6.45, 7) is 2.92. The number of halogens is 1. The van der Waals surface area contributed by atoms with Crippen molar-refractivity contribution in [3.8, 4) is 5.75 Å². The number of aryl methyl sites for hydroxylation is 1. The molecule has 0 atom stereocenters. The zero-order chi connectivity index (χ0) is 14.5. The zero-order valence-corrected chi connectivity index (χ0v) is 12.8. The van der Waals surface area contributed by atoms with Crippen molar-refractivity contribution < 1.29 is 4.74 Å². The SMILES string of the molecule is Clc1ccc(COc2cccc(CCC3CNC3)c2)cc1. The van der Waals surface area contributed by atoms with Gasteiger partial charge in [0.15, 0.2) is 0 Å². The lowest BCUT2D eigenvalue weighted by molar-refractivity contribution is 0.305. The van der Waals surface area contributed by atoms with Crippen LogP contribution in [0.2, 0.25) is 5.02 Å². The Kier molecular flexibility index (Phi) is 4.79. The topological polar surface area (TPSA) is 21.3 Å². The fourth-order valence-corrected chi connectivity index (χ4v) is 2.59. The summed E-state index contributed by atoms with van der Waals surface area (Å²) < 4.78 is 5.86. The second-order valence-electron chi connectivity index (χ2n) is 5.63. The molecule has 3 rings (SSSR count). The van der Waals surface area contributed by atoms with Gasteiger partial charge >= 0.3 is 0 Å². The molecule has 2 aromatic rings. The van der Waals surface area contributed by atoms with Crippen LogP contribution in [0.15, 0.2) is 48.5 Å². The van der Waals surface area contributed by atoms with Gasteiger partial charge in [-0.1, -0.05) is 35.9 Å². The molecule has 1 N–H and O–H groups in total. The van der Waals surface area contributed by atoms with Crippen molar-refractivity contribution in [1.29, 1.82) is 0 Å². The average Bonchev–Trinajstić information content (AvgIpc) is 2.46. The highest BCUT2D eigenvalue weighted by molar-refractivity contribution is 6.30. The van der Waals surface area contributed by atoms with Crippen molar-refractivity contribution in [3.63, 3.8) is 0 Å². The van der Waals surface area contributed by atoms with E-state index in [4.69, 9.17) is 16.3 Å². The van der Waals surface area contributed by atoms with Crippen LogP contribution in [0.25, 0.3) is 0 Å². The predicted molar refractivity (Wildman–Crippen MR) is 86.9 cm³/mol. The fourth-order valence-electron chi connectivity index (χ4n) is 2.46. The number of ether oxygens (including phenoxy) is 1. The van der Waals surface area contributed by atoms with Gasteiger partial charge in [-0.05, 0) is 67.2 Å². The quantitative estimate of drug-likeness (QED) is 0.868. The fraction of sp³-hybridized carbons (Fsp3) is 0.333. The molecule has 0 unspecified atom stereocenters. The second-order valence-corrected chi connectivity index (χ2v) is 6.06. The molecule has 0 amide bonds. The zero-order valence-electron chi connectivity index (χ0n) is 12.0. The summed E-state index contributed by atoms with van der Waals surface area (Å²) in [5.41, 5.74) is 2.49. The Morgan fingerprint density at radius 1 is 1.05 bits per heavy atom. The van der Waals surface area contributed by atoms with E-state index in [-0.39, 0.29) is 0 Å². The number of hydrogen-bond donors (Lipinski definition) is 1. The summed E-state index contributed by atoms with van der Waals surface area (Å²) in [7, 11) is 0. The van der Waals surface area contributed by atoms with Crippen molar-refractivity contribution >= 4 is 11.6 Å². The molecule has 1 heterocycles. The van der Waals surface area contributed by atoms with E-state index in [0.717, 1.165) is 28.7 Å². The van der Waals surface area contributed by atoms with E-state index in [0.29, 0.717) is 6.61 Å². The molecule has 1 aliphatic rings. The van der Waals surface area contributed by atoms with Crippen LogP contribution in [0.5, 0.6) is 5.75 Å². The molecule has 0 spiro atoms. The van der Waals surface area contributed by atoms with Gasteiger partial charge in [0.1, 0.15) is 12.4 Å². The van der Waals surface area contributed by atoms with Crippen molar-refractivity contribution in [2.24, 2.45) is 5.92 Å². The first-order valence-electron chi connectivity index (χ1n) is 7.46. The van der Waals surface area contributed by atoms with Gasteiger partial charge in [-0.3, -0.25) is 0 Å². The van der Waals surface area contributed by atoms with E-state index < -0.39 is 0 Å². The summed E-state index contributed by atoms with van der Waals surface area (Å²) in [6, 6.07) is 16.2. The number of nitrogens with one attached hydrogen (secondary N) is 1. The highest BCUT2D eigenvalue weighted by atomic mass is 35.5. The predicted octanol–water partition coefficient (Wildman–Crippen LogP) is 4.07.